The average molecular weight is 357 g/mol. The molecule has 4 nitrogen and oxygen atoms in total. The second-order valence-corrected chi connectivity index (χ2v) is 5.73. The minimum Gasteiger partial charge on any atom is -0.465 e. The molecule has 1 N–H and O–H groups in total. The zero-order valence-corrected chi connectivity index (χ0v) is 13.4. The number of rotatable bonds is 3. The molecular formula is C17H13BrN2O2. The first-order valence-electron chi connectivity index (χ1n) is 6.71. The van der Waals surface area contributed by atoms with Gasteiger partial charge in [-0.15, -0.1) is 0 Å². The van der Waals surface area contributed by atoms with Crippen molar-refractivity contribution in [2.24, 2.45) is 0 Å². The second kappa shape index (κ2) is 6.15. The summed E-state index contributed by atoms with van der Waals surface area (Å²) < 4.78 is 6.09. The number of amides is 1. The van der Waals surface area contributed by atoms with E-state index < -0.39 is 0 Å². The van der Waals surface area contributed by atoms with Gasteiger partial charge in [0.05, 0.1) is 17.5 Å². The first kappa shape index (κ1) is 14.5. The maximum absolute atomic E-state index is 12.1. The number of halogens is 1. The fraction of sp³-hybridized carbons (Fsp3) is 0.0588. The molecule has 2 heterocycles. The van der Waals surface area contributed by atoms with E-state index in [1.807, 2.05) is 31.2 Å². The van der Waals surface area contributed by atoms with Crippen molar-refractivity contribution < 1.29 is 9.21 Å². The number of benzene rings is 1. The van der Waals surface area contributed by atoms with Gasteiger partial charge in [-0.05, 0) is 49.4 Å². The van der Waals surface area contributed by atoms with Crippen LogP contribution in [0.1, 0.15) is 11.5 Å². The summed E-state index contributed by atoms with van der Waals surface area (Å²) in [5, 5.41) is 3.78. The number of furan rings is 1. The van der Waals surface area contributed by atoms with E-state index in [1.165, 1.54) is 6.08 Å². The Kier molecular flexibility index (Phi) is 4.06. The zero-order chi connectivity index (χ0) is 15.5. The van der Waals surface area contributed by atoms with Crippen LogP contribution in [-0.2, 0) is 4.79 Å². The first-order chi connectivity index (χ1) is 10.6. The molecule has 0 unspecified atom stereocenters. The third-order valence-electron chi connectivity index (χ3n) is 3.10. The smallest absolute Gasteiger partial charge is 0.248 e. The lowest BCUT2D eigenvalue weighted by molar-refractivity contribution is -0.111. The molecule has 3 rings (SSSR count). The van der Waals surface area contributed by atoms with E-state index in [4.69, 9.17) is 4.42 Å². The molecule has 0 fully saturated rings. The van der Waals surface area contributed by atoms with Gasteiger partial charge in [0.2, 0.25) is 5.91 Å². The molecule has 1 amide bonds. The minimum absolute atomic E-state index is 0.219. The number of carbonyl (C=O) groups excluding carboxylic acids is 1. The molecule has 2 aromatic heterocycles. The van der Waals surface area contributed by atoms with Crippen molar-refractivity contribution in [2.45, 2.75) is 6.92 Å². The van der Waals surface area contributed by atoms with Crippen LogP contribution in [0.3, 0.4) is 0 Å². The van der Waals surface area contributed by atoms with Gasteiger partial charge in [-0.25, -0.2) is 0 Å². The molecule has 0 aliphatic carbocycles. The molecule has 1 aromatic carbocycles. The SMILES string of the molecule is Cc1cc(NC(=O)/C=C/c2ccco2)c2cc(Br)ccc2n1. The number of carbonyl (C=O) groups is 1. The second-order valence-electron chi connectivity index (χ2n) is 4.81. The molecule has 22 heavy (non-hydrogen) atoms. The van der Waals surface area contributed by atoms with Crippen LogP contribution in [-0.4, -0.2) is 10.9 Å². The molecule has 0 saturated carbocycles. The van der Waals surface area contributed by atoms with Gasteiger partial charge in [0.1, 0.15) is 5.76 Å². The third kappa shape index (κ3) is 3.26. The van der Waals surface area contributed by atoms with Gasteiger partial charge in [0.25, 0.3) is 0 Å². The van der Waals surface area contributed by atoms with Crippen molar-refractivity contribution in [3.63, 3.8) is 0 Å². The van der Waals surface area contributed by atoms with Crippen LogP contribution in [0.25, 0.3) is 17.0 Å². The maximum Gasteiger partial charge on any atom is 0.248 e. The highest BCUT2D eigenvalue weighted by atomic mass is 79.9. The number of hydrogen-bond acceptors (Lipinski definition) is 3. The van der Waals surface area contributed by atoms with E-state index in [0.29, 0.717) is 5.76 Å². The molecule has 0 atom stereocenters. The fourth-order valence-electron chi connectivity index (χ4n) is 2.15. The standard InChI is InChI=1S/C17H13BrN2O2/c1-11-9-16(14-10-12(18)4-6-15(14)19-11)20-17(21)7-5-13-3-2-8-22-13/h2-10H,1H3,(H,19,20,21)/b7-5+. The van der Waals surface area contributed by atoms with Crippen molar-refractivity contribution in [1.29, 1.82) is 0 Å². The Hall–Kier alpha value is -2.40. The lowest BCUT2D eigenvalue weighted by Gasteiger charge is -2.08. The normalized spacial score (nSPS) is 11.2. The van der Waals surface area contributed by atoms with Gasteiger partial charge >= 0.3 is 0 Å². The van der Waals surface area contributed by atoms with Crippen LogP contribution < -0.4 is 5.32 Å². The molecule has 5 heteroatoms. The van der Waals surface area contributed by atoms with Crippen molar-refractivity contribution in [1.82, 2.24) is 4.98 Å². The van der Waals surface area contributed by atoms with E-state index >= 15 is 0 Å². The van der Waals surface area contributed by atoms with Crippen molar-refractivity contribution in [2.75, 3.05) is 5.32 Å². The van der Waals surface area contributed by atoms with Gasteiger partial charge < -0.3 is 9.73 Å². The van der Waals surface area contributed by atoms with Crippen LogP contribution in [0, 0.1) is 6.92 Å². The molecule has 3 aromatic rings. The summed E-state index contributed by atoms with van der Waals surface area (Å²) in [5.41, 5.74) is 2.42. The molecule has 110 valence electrons. The predicted octanol–water partition coefficient (Wildman–Crippen LogP) is 4.55. The summed E-state index contributed by atoms with van der Waals surface area (Å²) in [6, 6.07) is 11.2. The average Bonchev–Trinajstić information content (AvgIpc) is 2.99. The van der Waals surface area contributed by atoms with E-state index in [0.717, 1.165) is 26.8 Å². The highest BCUT2D eigenvalue weighted by molar-refractivity contribution is 9.10. The Morgan fingerprint density at radius 3 is 2.95 bits per heavy atom. The Morgan fingerprint density at radius 2 is 2.18 bits per heavy atom. The molecule has 0 bridgehead atoms. The summed E-state index contributed by atoms with van der Waals surface area (Å²) in [5.74, 6) is 0.414. The number of pyridine rings is 1. The first-order valence-corrected chi connectivity index (χ1v) is 7.50. The number of aryl methyl sites for hydroxylation is 1. The van der Waals surface area contributed by atoms with E-state index in [-0.39, 0.29) is 5.91 Å². The topological polar surface area (TPSA) is 55.1 Å². The van der Waals surface area contributed by atoms with Crippen molar-refractivity contribution in [3.8, 4) is 0 Å². The van der Waals surface area contributed by atoms with E-state index in [1.54, 1.807) is 24.5 Å². The maximum atomic E-state index is 12.1. The van der Waals surface area contributed by atoms with Crippen LogP contribution in [0.2, 0.25) is 0 Å². The number of fused-ring (bicyclic) bond motifs is 1. The van der Waals surface area contributed by atoms with Crippen molar-refractivity contribution >= 4 is 44.5 Å². The molecule has 0 saturated heterocycles. The van der Waals surface area contributed by atoms with Crippen LogP contribution in [0.15, 0.2) is 57.6 Å². The van der Waals surface area contributed by atoms with Gasteiger partial charge in [-0.1, -0.05) is 15.9 Å². The third-order valence-corrected chi connectivity index (χ3v) is 3.59. The Bertz CT molecular complexity index is 854. The minimum atomic E-state index is -0.219. The Morgan fingerprint density at radius 1 is 1.32 bits per heavy atom. The van der Waals surface area contributed by atoms with Crippen molar-refractivity contribution in [3.05, 3.63) is 64.7 Å². The molecule has 0 radical (unpaired) electrons. The molecule has 0 aliphatic heterocycles. The quantitative estimate of drug-likeness (QED) is 0.700. The van der Waals surface area contributed by atoms with Gasteiger partial charge in [-0.2, -0.15) is 0 Å². The lowest BCUT2D eigenvalue weighted by atomic mass is 10.1. The highest BCUT2D eigenvalue weighted by Crippen LogP contribution is 2.26. The van der Waals surface area contributed by atoms with Crippen LogP contribution >= 0.6 is 15.9 Å². The van der Waals surface area contributed by atoms with E-state index in [2.05, 4.69) is 26.2 Å². The lowest BCUT2D eigenvalue weighted by Crippen LogP contribution is -2.08. The Balaban J connectivity index is 1.89. The largest absolute Gasteiger partial charge is 0.465 e. The van der Waals surface area contributed by atoms with Crippen LogP contribution in [0.5, 0.6) is 0 Å². The van der Waals surface area contributed by atoms with Gasteiger partial charge in [-0.3, -0.25) is 9.78 Å². The molecular weight excluding hydrogens is 344 g/mol. The predicted molar refractivity (Wildman–Crippen MR) is 90.6 cm³/mol. The summed E-state index contributed by atoms with van der Waals surface area (Å²) in [4.78, 5) is 16.5. The monoisotopic (exact) mass is 356 g/mol. The van der Waals surface area contributed by atoms with E-state index in [9.17, 15) is 4.79 Å². The number of aromatic nitrogens is 1. The molecule has 0 spiro atoms. The Labute approximate surface area is 136 Å². The zero-order valence-electron chi connectivity index (χ0n) is 11.8. The fourth-order valence-corrected chi connectivity index (χ4v) is 2.51. The summed E-state index contributed by atoms with van der Waals surface area (Å²) in [6.07, 6.45) is 4.63. The number of anilines is 1. The molecule has 0 aliphatic rings. The summed E-state index contributed by atoms with van der Waals surface area (Å²) >= 11 is 3.44. The van der Waals surface area contributed by atoms with Crippen LogP contribution in [0.4, 0.5) is 5.69 Å². The number of nitrogens with one attached hydrogen (secondary N) is 1. The van der Waals surface area contributed by atoms with Gasteiger partial charge in [0.15, 0.2) is 0 Å². The highest BCUT2D eigenvalue weighted by Gasteiger charge is 2.07. The summed E-state index contributed by atoms with van der Waals surface area (Å²) in [6.45, 7) is 1.90. The van der Waals surface area contributed by atoms with Gasteiger partial charge in [0, 0.05) is 21.6 Å². The number of hydrogen-bond donors (Lipinski definition) is 1. The summed E-state index contributed by atoms with van der Waals surface area (Å²) in [7, 11) is 0. The number of nitrogens with zero attached hydrogens (tertiary/aromatic N) is 1.